The normalized spacial score (nSPS) is 12.3. The van der Waals surface area contributed by atoms with E-state index in [1.807, 2.05) is 13.8 Å². The van der Waals surface area contributed by atoms with E-state index < -0.39 is 18.2 Å². The van der Waals surface area contributed by atoms with Crippen molar-refractivity contribution < 1.29 is 57.0 Å². The summed E-state index contributed by atoms with van der Waals surface area (Å²) in [6, 6.07) is 6.98. The Kier molecular flexibility index (Phi) is 27.9. The van der Waals surface area contributed by atoms with Crippen molar-refractivity contribution in [3.05, 3.63) is 91.6 Å². The summed E-state index contributed by atoms with van der Waals surface area (Å²) < 4.78 is 47.4. The van der Waals surface area contributed by atoms with Crippen LogP contribution in [-0.2, 0) is 47.5 Å². The number of carbonyl (C=O) groups is 3. The van der Waals surface area contributed by atoms with Gasteiger partial charge in [0.15, 0.2) is 12.1 Å². The van der Waals surface area contributed by atoms with E-state index in [4.69, 9.17) is 37.9 Å². The summed E-state index contributed by atoms with van der Waals surface area (Å²) in [6.07, 6.45) is 8.32. The van der Waals surface area contributed by atoms with Crippen molar-refractivity contribution >= 4 is 17.7 Å². The lowest BCUT2D eigenvalue weighted by atomic mass is 10.0. The third kappa shape index (κ3) is 23.4. The molecular formula is C36H52O12. The predicted octanol–water partition coefficient (Wildman–Crippen LogP) is 4.85. The summed E-state index contributed by atoms with van der Waals surface area (Å²) in [5.41, 5.74) is 1.16. The van der Waals surface area contributed by atoms with Gasteiger partial charge in [0.05, 0.1) is 46.2 Å². The van der Waals surface area contributed by atoms with Crippen molar-refractivity contribution in [2.45, 2.75) is 33.2 Å². The van der Waals surface area contributed by atoms with Gasteiger partial charge >= 0.3 is 11.9 Å². The van der Waals surface area contributed by atoms with Gasteiger partial charge in [0, 0.05) is 37.0 Å². The maximum atomic E-state index is 12.6. The lowest BCUT2D eigenvalue weighted by Crippen LogP contribution is -2.30. The number of rotatable bonds is 27. The third-order valence-corrected chi connectivity index (χ3v) is 5.75. The molecule has 0 saturated carbocycles. The second-order valence-corrected chi connectivity index (χ2v) is 9.31. The third-order valence-electron chi connectivity index (χ3n) is 5.75. The van der Waals surface area contributed by atoms with Crippen LogP contribution >= 0.6 is 0 Å². The summed E-state index contributed by atoms with van der Waals surface area (Å²) in [5.74, 6) is -0.351. The Hall–Kier alpha value is -3.91. The molecule has 0 aromatic heterocycles. The Labute approximate surface area is 284 Å². The van der Waals surface area contributed by atoms with Crippen LogP contribution in [0.2, 0.25) is 0 Å². The largest absolute Gasteiger partial charge is 0.491 e. The molecule has 0 fully saturated rings. The zero-order valence-electron chi connectivity index (χ0n) is 28.7. The lowest BCUT2D eigenvalue weighted by Gasteiger charge is -2.21. The van der Waals surface area contributed by atoms with Gasteiger partial charge in [-0.1, -0.05) is 44.0 Å². The van der Waals surface area contributed by atoms with E-state index in [0.717, 1.165) is 12.2 Å². The van der Waals surface area contributed by atoms with Gasteiger partial charge in [-0.25, -0.2) is 9.59 Å². The molecule has 0 aliphatic heterocycles. The average Bonchev–Trinajstić information content (AvgIpc) is 3.10. The van der Waals surface area contributed by atoms with Gasteiger partial charge in [0.2, 0.25) is 0 Å². The number of esters is 2. The van der Waals surface area contributed by atoms with Crippen LogP contribution in [0.3, 0.4) is 0 Å². The highest BCUT2D eigenvalue weighted by Gasteiger charge is 2.14. The number of allylic oxidation sites excluding steroid dienone is 5. The molecule has 2 atom stereocenters. The molecule has 1 aromatic carbocycles. The highest BCUT2D eigenvalue weighted by Crippen LogP contribution is 2.16. The summed E-state index contributed by atoms with van der Waals surface area (Å²) in [7, 11) is 1.60. The Morgan fingerprint density at radius 2 is 1.35 bits per heavy atom. The number of ether oxygens (including phenoxy) is 9. The number of hydrogen-bond acceptors (Lipinski definition) is 12. The second kappa shape index (κ2) is 30.4. The van der Waals surface area contributed by atoms with Crippen molar-refractivity contribution in [2.75, 3.05) is 79.8 Å². The minimum Gasteiger partial charge on any atom is -0.491 e. The molecule has 0 amide bonds. The van der Waals surface area contributed by atoms with Gasteiger partial charge in [-0.05, 0) is 45.0 Å². The van der Waals surface area contributed by atoms with Crippen LogP contribution < -0.4 is 4.74 Å². The quantitative estimate of drug-likeness (QED) is 0.0315. The molecule has 0 aliphatic rings. The molecule has 0 bridgehead atoms. The highest BCUT2D eigenvalue weighted by atomic mass is 16.7. The fourth-order valence-electron chi connectivity index (χ4n) is 3.34. The van der Waals surface area contributed by atoms with Crippen molar-refractivity contribution in [1.82, 2.24) is 0 Å². The predicted molar refractivity (Wildman–Crippen MR) is 182 cm³/mol. The Morgan fingerprint density at radius 3 is 1.88 bits per heavy atom. The minimum atomic E-state index is -0.479. The zero-order chi connectivity index (χ0) is 35.8. The van der Waals surface area contributed by atoms with E-state index in [-0.39, 0.29) is 44.9 Å². The first-order chi connectivity index (χ1) is 23.3. The average molecular weight is 677 g/mol. The van der Waals surface area contributed by atoms with Crippen molar-refractivity contribution in [2.24, 2.45) is 0 Å². The van der Waals surface area contributed by atoms with Gasteiger partial charge in [-0.2, -0.15) is 0 Å². The first kappa shape index (κ1) is 44.1. The first-order valence-electron chi connectivity index (χ1n) is 15.6. The molecular weight excluding hydrogens is 624 g/mol. The molecule has 0 saturated heterocycles. The number of ketones is 1. The second-order valence-electron chi connectivity index (χ2n) is 9.31. The molecule has 0 radical (unpaired) electrons. The topological polar surface area (TPSA) is 134 Å². The summed E-state index contributed by atoms with van der Waals surface area (Å²) >= 11 is 0. The summed E-state index contributed by atoms with van der Waals surface area (Å²) in [4.78, 5) is 34.0. The van der Waals surface area contributed by atoms with E-state index in [1.165, 1.54) is 0 Å². The SMILES string of the molecule is C=C/C=C\C(=C/C)C(=O)c1ccc(OCC(COC(C)OCCOCCOC(=O)C=C)OCC)cc1.C=CC(=O)OCCOCCOC. The van der Waals surface area contributed by atoms with Crippen molar-refractivity contribution in [3.8, 4) is 5.75 Å². The molecule has 268 valence electrons. The minimum absolute atomic E-state index is 0.0711. The molecule has 2 unspecified atom stereocenters. The van der Waals surface area contributed by atoms with Gasteiger partial charge < -0.3 is 42.6 Å². The van der Waals surface area contributed by atoms with E-state index >= 15 is 0 Å². The highest BCUT2D eigenvalue weighted by molar-refractivity contribution is 6.10. The fourth-order valence-corrected chi connectivity index (χ4v) is 3.34. The van der Waals surface area contributed by atoms with Gasteiger partial charge in [-0.3, -0.25) is 4.79 Å². The molecule has 0 spiro atoms. The molecule has 12 nitrogen and oxygen atoms in total. The van der Waals surface area contributed by atoms with Gasteiger partial charge in [0.1, 0.15) is 31.7 Å². The van der Waals surface area contributed by atoms with Crippen LogP contribution in [0.15, 0.2) is 86.0 Å². The Balaban J connectivity index is 0.00000155. The smallest absolute Gasteiger partial charge is 0.330 e. The zero-order valence-corrected chi connectivity index (χ0v) is 28.7. The number of carbonyl (C=O) groups excluding carboxylic acids is 3. The summed E-state index contributed by atoms with van der Waals surface area (Å²) in [6.45, 7) is 19.6. The Morgan fingerprint density at radius 1 is 0.771 bits per heavy atom. The molecule has 0 aliphatic carbocycles. The first-order valence-corrected chi connectivity index (χ1v) is 15.6. The number of methoxy groups -OCH3 is 1. The van der Waals surface area contributed by atoms with E-state index in [9.17, 15) is 14.4 Å². The maximum Gasteiger partial charge on any atom is 0.330 e. The molecule has 0 N–H and O–H groups in total. The number of hydrogen-bond donors (Lipinski definition) is 0. The number of Topliss-reactive ketones (excluding diaryl/α,β-unsaturated/α-hetero) is 1. The van der Waals surface area contributed by atoms with Crippen molar-refractivity contribution in [3.63, 3.8) is 0 Å². The van der Waals surface area contributed by atoms with Crippen LogP contribution in [0, 0.1) is 0 Å². The Bertz CT molecular complexity index is 1110. The van der Waals surface area contributed by atoms with Crippen LogP contribution in [0.5, 0.6) is 5.75 Å². The van der Waals surface area contributed by atoms with Crippen molar-refractivity contribution in [1.29, 1.82) is 0 Å². The monoisotopic (exact) mass is 676 g/mol. The standard InChI is InChI=1S/C28H38O8.C8H14O4/c1-6-10-11-23(7-2)28(30)24-12-14-25(15-13-24)36-21-26(32-9-4)20-35-22(5)33-18-16-31-17-19-34-27(29)8-3;1-3-8(9)12-7-6-11-5-4-10-2/h6-8,10-15,22,26H,1,3,9,16-21H2,2,4-5H3;3H,1,4-7H2,2H3/b11-10-,23-7+;. The molecule has 0 heterocycles. The molecule has 12 heteroatoms. The summed E-state index contributed by atoms with van der Waals surface area (Å²) in [5, 5.41) is 0. The van der Waals surface area contributed by atoms with Crippen LogP contribution in [-0.4, -0.2) is 110 Å². The van der Waals surface area contributed by atoms with E-state index in [1.54, 1.807) is 62.6 Å². The van der Waals surface area contributed by atoms with Gasteiger partial charge in [0.25, 0.3) is 0 Å². The maximum absolute atomic E-state index is 12.6. The number of benzene rings is 1. The fraction of sp³-hybridized carbons (Fsp3) is 0.472. The molecule has 1 aromatic rings. The van der Waals surface area contributed by atoms with Crippen LogP contribution in [0.1, 0.15) is 31.1 Å². The van der Waals surface area contributed by atoms with E-state index in [2.05, 4.69) is 24.5 Å². The van der Waals surface area contributed by atoms with Gasteiger partial charge in [-0.15, -0.1) is 0 Å². The van der Waals surface area contributed by atoms with Crippen LogP contribution in [0.4, 0.5) is 0 Å². The molecule has 1 rings (SSSR count). The lowest BCUT2D eigenvalue weighted by molar-refractivity contribution is -0.162. The van der Waals surface area contributed by atoms with E-state index in [0.29, 0.717) is 56.5 Å². The molecule has 48 heavy (non-hydrogen) atoms. The van der Waals surface area contributed by atoms with Crippen LogP contribution in [0.25, 0.3) is 0 Å².